The molecule has 1 heterocycles. The fraction of sp³-hybridized carbons (Fsp3) is 0.684. The summed E-state index contributed by atoms with van der Waals surface area (Å²) in [5, 5.41) is 3.73. The molecule has 0 amide bonds. The van der Waals surface area contributed by atoms with E-state index < -0.39 is 0 Å². The van der Waals surface area contributed by atoms with E-state index >= 15 is 0 Å². The molecule has 1 aliphatic heterocycles. The van der Waals surface area contributed by atoms with E-state index in [1.54, 1.807) is 0 Å². The van der Waals surface area contributed by atoms with E-state index in [2.05, 4.69) is 62.2 Å². The summed E-state index contributed by atoms with van der Waals surface area (Å²) in [6.07, 6.45) is 3.74. The molecule has 1 aliphatic rings. The lowest BCUT2D eigenvalue weighted by Gasteiger charge is -2.24. The van der Waals surface area contributed by atoms with Gasteiger partial charge in [-0.2, -0.15) is 0 Å². The number of hydrogen-bond donors (Lipinski definition) is 1. The van der Waals surface area contributed by atoms with Gasteiger partial charge < -0.3 is 10.2 Å². The maximum Gasteiger partial charge on any atom is 0.0332 e. The Balaban J connectivity index is 1.94. The number of aryl methyl sites for hydroxylation is 1. The average molecular weight is 288 g/mol. The summed E-state index contributed by atoms with van der Waals surface area (Å²) in [4.78, 5) is 2.64. The largest absolute Gasteiger partial charge is 0.310 e. The Morgan fingerprint density at radius 2 is 2.14 bits per heavy atom. The van der Waals surface area contributed by atoms with Crippen LogP contribution in [-0.4, -0.2) is 31.1 Å². The topological polar surface area (TPSA) is 15.3 Å². The standard InChI is InChI=1S/C19H32N2/c1-5-11-20-18(17-8-6-7-16(2)14-17)9-12-21-13-10-19(3,4)15-21/h6-8,14,18,20H,5,9-13,15H2,1-4H3. The molecule has 0 spiro atoms. The van der Waals surface area contributed by atoms with Crippen molar-refractivity contribution in [3.05, 3.63) is 35.4 Å². The van der Waals surface area contributed by atoms with Gasteiger partial charge >= 0.3 is 0 Å². The third-order valence-corrected chi connectivity index (χ3v) is 4.58. The van der Waals surface area contributed by atoms with E-state index in [9.17, 15) is 0 Å². The molecule has 118 valence electrons. The molecule has 0 radical (unpaired) electrons. The van der Waals surface area contributed by atoms with Gasteiger partial charge in [0.2, 0.25) is 0 Å². The molecule has 0 aliphatic carbocycles. The third-order valence-electron chi connectivity index (χ3n) is 4.58. The van der Waals surface area contributed by atoms with E-state index in [0.717, 1.165) is 6.54 Å². The minimum Gasteiger partial charge on any atom is -0.310 e. The summed E-state index contributed by atoms with van der Waals surface area (Å²) in [6, 6.07) is 9.47. The second-order valence-corrected chi connectivity index (χ2v) is 7.40. The first-order chi connectivity index (χ1) is 10.00. The molecule has 1 atom stereocenters. The summed E-state index contributed by atoms with van der Waals surface area (Å²) < 4.78 is 0. The van der Waals surface area contributed by atoms with Crippen molar-refractivity contribution in [1.82, 2.24) is 10.2 Å². The van der Waals surface area contributed by atoms with Gasteiger partial charge in [-0.1, -0.05) is 50.6 Å². The summed E-state index contributed by atoms with van der Waals surface area (Å²) in [7, 11) is 0. The van der Waals surface area contributed by atoms with Crippen LogP contribution in [0.1, 0.15) is 57.2 Å². The number of nitrogens with zero attached hydrogens (tertiary/aromatic N) is 1. The number of benzene rings is 1. The summed E-state index contributed by atoms with van der Waals surface area (Å²) in [5.74, 6) is 0. The second-order valence-electron chi connectivity index (χ2n) is 7.40. The van der Waals surface area contributed by atoms with Gasteiger partial charge in [0.15, 0.2) is 0 Å². The van der Waals surface area contributed by atoms with Gasteiger partial charge in [0.25, 0.3) is 0 Å². The Kier molecular flexibility index (Phi) is 5.83. The first-order valence-corrected chi connectivity index (χ1v) is 8.52. The highest BCUT2D eigenvalue weighted by atomic mass is 15.2. The van der Waals surface area contributed by atoms with Crippen LogP contribution in [0.5, 0.6) is 0 Å². The molecule has 1 aromatic rings. The molecule has 1 N–H and O–H groups in total. The van der Waals surface area contributed by atoms with Crippen molar-refractivity contribution in [1.29, 1.82) is 0 Å². The van der Waals surface area contributed by atoms with Crippen molar-refractivity contribution in [3.63, 3.8) is 0 Å². The van der Waals surface area contributed by atoms with Crippen LogP contribution >= 0.6 is 0 Å². The number of likely N-dealkylation sites (tertiary alicyclic amines) is 1. The highest BCUT2D eigenvalue weighted by Crippen LogP contribution is 2.29. The van der Waals surface area contributed by atoms with Crippen LogP contribution in [0.2, 0.25) is 0 Å². The molecule has 2 heteroatoms. The van der Waals surface area contributed by atoms with Gasteiger partial charge in [-0.15, -0.1) is 0 Å². The van der Waals surface area contributed by atoms with Crippen molar-refractivity contribution < 1.29 is 0 Å². The molecule has 21 heavy (non-hydrogen) atoms. The summed E-state index contributed by atoms with van der Waals surface area (Å²) >= 11 is 0. The Hall–Kier alpha value is -0.860. The van der Waals surface area contributed by atoms with Crippen LogP contribution < -0.4 is 5.32 Å². The molecule has 0 bridgehead atoms. The normalized spacial score (nSPS) is 19.8. The maximum absolute atomic E-state index is 3.73. The first-order valence-electron chi connectivity index (χ1n) is 8.52. The van der Waals surface area contributed by atoms with Gasteiger partial charge in [-0.3, -0.25) is 0 Å². The van der Waals surface area contributed by atoms with E-state index in [1.807, 2.05) is 0 Å². The maximum atomic E-state index is 3.73. The highest BCUT2D eigenvalue weighted by molar-refractivity contribution is 5.25. The second kappa shape index (κ2) is 7.42. The van der Waals surface area contributed by atoms with Crippen LogP contribution in [0.25, 0.3) is 0 Å². The molecular weight excluding hydrogens is 256 g/mol. The van der Waals surface area contributed by atoms with Gasteiger partial charge in [-0.25, -0.2) is 0 Å². The average Bonchev–Trinajstić information content (AvgIpc) is 2.78. The summed E-state index contributed by atoms with van der Waals surface area (Å²) in [6.45, 7) is 14.0. The van der Waals surface area contributed by atoms with E-state index in [-0.39, 0.29) is 0 Å². The molecule has 0 saturated carbocycles. The van der Waals surface area contributed by atoms with Crippen LogP contribution in [-0.2, 0) is 0 Å². The minimum atomic E-state index is 0.494. The Morgan fingerprint density at radius 1 is 1.33 bits per heavy atom. The van der Waals surface area contributed by atoms with E-state index in [0.29, 0.717) is 11.5 Å². The summed E-state index contributed by atoms with van der Waals surface area (Å²) in [5.41, 5.74) is 3.32. The first kappa shape index (κ1) is 16.5. The fourth-order valence-electron chi connectivity index (χ4n) is 3.32. The SMILES string of the molecule is CCCNC(CCN1CCC(C)(C)C1)c1cccc(C)c1. The number of hydrogen-bond acceptors (Lipinski definition) is 2. The van der Waals surface area contributed by atoms with E-state index in [1.165, 1.54) is 50.0 Å². The lowest BCUT2D eigenvalue weighted by atomic mass is 9.93. The van der Waals surface area contributed by atoms with Gasteiger partial charge in [0.05, 0.1) is 0 Å². The van der Waals surface area contributed by atoms with Crippen molar-refractivity contribution in [2.24, 2.45) is 5.41 Å². The Morgan fingerprint density at radius 3 is 2.76 bits per heavy atom. The molecule has 1 fully saturated rings. The zero-order valence-electron chi connectivity index (χ0n) is 14.3. The Bertz CT molecular complexity index is 439. The minimum absolute atomic E-state index is 0.494. The highest BCUT2D eigenvalue weighted by Gasteiger charge is 2.29. The quantitative estimate of drug-likeness (QED) is 0.810. The predicted octanol–water partition coefficient (Wildman–Crippen LogP) is 4.16. The van der Waals surface area contributed by atoms with Crippen LogP contribution in [0.4, 0.5) is 0 Å². The van der Waals surface area contributed by atoms with Gasteiger partial charge in [0.1, 0.15) is 0 Å². The van der Waals surface area contributed by atoms with Crippen LogP contribution in [0, 0.1) is 12.3 Å². The molecular formula is C19H32N2. The molecule has 2 nitrogen and oxygen atoms in total. The predicted molar refractivity (Wildman–Crippen MR) is 91.7 cm³/mol. The monoisotopic (exact) mass is 288 g/mol. The number of rotatable bonds is 7. The molecule has 0 aromatic heterocycles. The van der Waals surface area contributed by atoms with Crippen molar-refractivity contribution >= 4 is 0 Å². The third kappa shape index (κ3) is 5.12. The zero-order chi connectivity index (χ0) is 15.3. The number of nitrogens with one attached hydrogen (secondary N) is 1. The zero-order valence-corrected chi connectivity index (χ0v) is 14.3. The lowest BCUT2D eigenvalue weighted by Crippen LogP contribution is -2.29. The molecule has 1 aromatic carbocycles. The van der Waals surface area contributed by atoms with E-state index in [4.69, 9.17) is 0 Å². The van der Waals surface area contributed by atoms with Gasteiger partial charge in [0, 0.05) is 12.6 Å². The van der Waals surface area contributed by atoms with Crippen LogP contribution in [0.3, 0.4) is 0 Å². The van der Waals surface area contributed by atoms with Crippen LogP contribution in [0.15, 0.2) is 24.3 Å². The fourth-order valence-corrected chi connectivity index (χ4v) is 3.32. The Labute approximate surface area is 130 Å². The smallest absolute Gasteiger partial charge is 0.0332 e. The molecule has 1 saturated heterocycles. The van der Waals surface area contributed by atoms with Crippen molar-refractivity contribution in [3.8, 4) is 0 Å². The van der Waals surface area contributed by atoms with Gasteiger partial charge in [-0.05, 0) is 56.8 Å². The molecule has 1 unspecified atom stereocenters. The lowest BCUT2D eigenvalue weighted by molar-refractivity contribution is 0.274. The molecule has 2 rings (SSSR count). The van der Waals surface area contributed by atoms with Crippen molar-refractivity contribution in [2.75, 3.05) is 26.2 Å². The van der Waals surface area contributed by atoms with Crippen molar-refractivity contribution in [2.45, 2.75) is 53.0 Å².